The molecule has 1 aliphatic heterocycles. The molecule has 0 spiro atoms. The maximum Gasteiger partial charge on any atom is 0.135 e. The Morgan fingerprint density at radius 3 is 2.80 bits per heavy atom. The molecule has 1 saturated heterocycles. The van der Waals surface area contributed by atoms with Crippen LogP contribution in [0, 0.1) is 0 Å². The predicted molar refractivity (Wildman–Crippen MR) is 85.3 cm³/mol. The summed E-state index contributed by atoms with van der Waals surface area (Å²) in [5, 5.41) is 6.11. The Hall–Kier alpha value is -1.52. The number of rotatable bonds is 2. The number of nitrogens with zero attached hydrogens (tertiary/aromatic N) is 2. The van der Waals surface area contributed by atoms with E-state index in [1.54, 1.807) is 6.20 Å². The van der Waals surface area contributed by atoms with Gasteiger partial charge < -0.3 is 16.0 Å². The Kier molecular flexibility index (Phi) is 3.68. The minimum absolute atomic E-state index is 0.446. The van der Waals surface area contributed by atoms with Crippen LogP contribution in [0.15, 0.2) is 24.4 Å². The van der Waals surface area contributed by atoms with Crippen molar-refractivity contribution in [3.05, 3.63) is 29.4 Å². The monoisotopic (exact) mass is 290 g/mol. The summed E-state index contributed by atoms with van der Waals surface area (Å²) >= 11 is 6.33. The minimum Gasteiger partial charge on any atom is -0.398 e. The topological polar surface area (TPSA) is 54.2 Å². The van der Waals surface area contributed by atoms with E-state index in [2.05, 4.69) is 22.2 Å². The summed E-state index contributed by atoms with van der Waals surface area (Å²) in [6.45, 7) is 2.22. The molecule has 0 radical (unpaired) electrons. The fraction of sp³-hybridized carbons (Fsp3) is 0.400. The molecule has 106 valence electrons. The number of anilines is 2. The van der Waals surface area contributed by atoms with Crippen molar-refractivity contribution in [3.8, 4) is 0 Å². The van der Waals surface area contributed by atoms with Gasteiger partial charge in [0.15, 0.2) is 0 Å². The van der Waals surface area contributed by atoms with Crippen LogP contribution in [0.25, 0.3) is 10.8 Å². The number of nitrogens with two attached hydrogens (primary N) is 1. The third kappa shape index (κ3) is 2.53. The highest BCUT2D eigenvalue weighted by Gasteiger charge is 2.18. The van der Waals surface area contributed by atoms with Gasteiger partial charge in [-0.05, 0) is 51.2 Å². The summed E-state index contributed by atoms with van der Waals surface area (Å²) in [6.07, 6.45) is 4.02. The minimum atomic E-state index is 0.446. The molecule has 0 aliphatic carbocycles. The predicted octanol–water partition coefficient (Wildman–Crippen LogP) is 2.98. The van der Waals surface area contributed by atoms with Gasteiger partial charge in [0.25, 0.3) is 0 Å². The SMILES string of the molecule is CN1CCC(Nc2nccc3c(N)ccc(Cl)c23)CC1. The Balaban J connectivity index is 1.94. The van der Waals surface area contributed by atoms with Gasteiger partial charge in [0.05, 0.1) is 5.02 Å². The lowest BCUT2D eigenvalue weighted by Crippen LogP contribution is -2.36. The molecule has 1 fully saturated rings. The molecule has 0 unspecified atom stereocenters. The lowest BCUT2D eigenvalue weighted by Gasteiger charge is -2.30. The third-order valence-corrected chi connectivity index (χ3v) is 4.28. The fourth-order valence-corrected chi connectivity index (χ4v) is 2.99. The van der Waals surface area contributed by atoms with E-state index in [1.807, 2.05) is 18.2 Å². The van der Waals surface area contributed by atoms with Gasteiger partial charge in [-0.25, -0.2) is 4.98 Å². The molecule has 4 nitrogen and oxygen atoms in total. The van der Waals surface area contributed by atoms with Crippen LogP contribution in [0.2, 0.25) is 5.02 Å². The summed E-state index contributed by atoms with van der Waals surface area (Å²) in [5.41, 5.74) is 6.76. The van der Waals surface area contributed by atoms with E-state index in [0.29, 0.717) is 11.1 Å². The van der Waals surface area contributed by atoms with Gasteiger partial charge in [0, 0.05) is 28.7 Å². The number of halogens is 1. The molecule has 1 aromatic heterocycles. The smallest absolute Gasteiger partial charge is 0.135 e. The number of pyridine rings is 1. The van der Waals surface area contributed by atoms with Crippen LogP contribution in [0.4, 0.5) is 11.5 Å². The van der Waals surface area contributed by atoms with Crippen LogP contribution in [-0.2, 0) is 0 Å². The zero-order chi connectivity index (χ0) is 14.1. The molecule has 1 aliphatic rings. The highest BCUT2D eigenvalue weighted by atomic mass is 35.5. The van der Waals surface area contributed by atoms with E-state index in [0.717, 1.165) is 48.2 Å². The van der Waals surface area contributed by atoms with Gasteiger partial charge in [-0.3, -0.25) is 0 Å². The summed E-state index contributed by atoms with van der Waals surface area (Å²) < 4.78 is 0. The van der Waals surface area contributed by atoms with E-state index in [1.165, 1.54) is 0 Å². The van der Waals surface area contributed by atoms with Crippen LogP contribution < -0.4 is 11.1 Å². The molecule has 2 aromatic rings. The molecule has 0 amide bonds. The first kappa shape index (κ1) is 13.5. The Labute approximate surface area is 123 Å². The normalized spacial score (nSPS) is 17.5. The lowest BCUT2D eigenvalue weighted by atomic mass is 10.0. The highest BCUT2D eigenvalue weighted by Crippen LogP contribution is 2.33. The fourth-order valence-electron chi connectivity index (χ4n) is 2.74. The van der Waals surface area contributed by atoms with Crippen LogP contribution >= 0.6 is 11.6 Å². The lowest BCUT2D eigenvalue weighted by molar-refractivity contribution is 0.264. The first-order valence-electron chi connectivity index (χ1n) is 6.93. The van der Waals surface area contributed by atoms with Gasteiger partial charge in [-0.2, -0.15) is 0 Å². The molecule has 1 aromatic carbocycles. The molecule has 2 heterocycles. The van der Waals surface area contributed by atoms with Gasteiger partial charge in [-0.15, -0.1) is 0 Å². The van der Waals surface area contributed by atoms with E-state index in [9.17, 15) is 0 Å². The highest BCUT2D eigenvalue weighted by molar-refractivity contribution is 6.37. The van der Waals surface area contributed by atoms with E-state index in [4.69, 9.17) is 17.3 Å². The van der Waals surface area contributed by atoms with Crippen molar-refractivity contribution in [2.24, 2.45) is 0 Å². The van der Waals surface area contributed by atoms with Gasteiger partial charge in [0.1, 0.15) is 5.82 Å². The standard InChI is InChI=1S/C15H19ClN4/c1-20-8-5-10(6-9-20)19-15-14-11(4-7-18-15)13(17)3-2-12(14)16/h2-4,7,10H,5-6,8-9,17H2,1H3,(H,18,19). The van der Waals surface area contributed by atoms with Crippen LogP contribution in [0.5, 0.6) is 0 Å². The second-order valence-electron chi connectivity index (χ2n) is 5.44. The van der Waals surface area contributed by atoms with Gasteiger partial charge >= 0.3 is 0 Å². The molecule has 3 rings (SSSR count). The van der Waals surface area contributed by atoms with Crippen molar-refractivity contribution < 1.29 is 0 Å². The van der Waals surface area contributed by atoms with Crippen LogP contribution in [0.3, 0.4) is 0 Å². The maximum absolute atomic E-state index is 6.33. The number of hydrogen-bond acceptors (Lipinski definition) is 4. The van der Waals surface area contributed by atoms with E-state index < -0.39 is 0 Å². The van der Waals surface area contributed by atoms with E-state index >= 15 is 0 Å². The summed E-state index contributed by atoms with van der Waals surface area (Å²) in [6, 6.07) is 6.03. The third-order valence-electron chi connectivity index (χ3n) is 3.97. The van der Waals surface area contributed by atoms with E-state index in [-0.39, 0.29) is 0 Å². The van der Waals surface area contributed by atoms with Crippen LogP contribution in [0.1, 0.15) is 12.8 Å². The van der Waals surface area contributed by atoms with Crippen molar-refractivity contribution >= 4 is 33.9 Å². The average molecular weight is 291 g/mol. The largest absolute Gasteiger partial charge is 0.398 e. The first-order chi connectivity index (χ1) is 9.65. The molecule has 0 atom stereocenters. The molecule has 5 heteroatoms. The number of piperidine rings is 1. The van der Waals surface area contributed by atoms with Crippen molar-refractivity contribution in [3.63, 3.8) is 0 Å². The molecule has 0 saturated carbocycles. The second kappa shape index (κ2) is 5.46. The van der Waals surface area contributed by atoms with Gasteiger partial charge in [0.2, 0.25) is 0 Å². The number of nitrogen functional groups attached to an aromatic ring is 1. The van der Waals surface area contributed by atoms with Crippen molar-refractivity contribution in [1.82, 2.24) is 9.88 Å². The number of likely N-dealkylation sites (tertiary alicyclic amines) is 1. The Bertz CT molecular complexity index is 621. The molecule has 20 heavy (non-hydrogen) atoms. The van der Waals surface area contributed by atoms with Crippen molar-refractivity contribution in [2.75, 3.05) is 31.2 Å². The Morgan fingerprint density at radius 1 is 1.30 bits per heavy atom. The number of benzene rings is 1. The summed E-state index contributed by atoms with van der Waals surface area (Å²) in [7, 11) is 2.16. The van der Waals surface area contributed by atoms with Crippen molar-refractivity contribution in [2.45, 2.75) is 18.9 Å². The maximum atomic E-state index is 6.33. The average Bonchev–Trinajstić information content (AvgIpc) is 2.46. The number of nitrogens with one attached hydrogen (secondary N) is 1. The molecule has 3 N–H and O–H groups in total. The van der Waals surface area contributed by atoms with Gasteiger partial charge in [-0.1, -0.05) is 11.6 Å². The summed E-state index contributed by atoms with van der Waals surface area (Å²) in [5.74, 6) is 0.842. The quantitative estimate of drug-likeness (QED) is 0.835. The number of fused-ring (bicyclic) bond motifs is 1. The number of hydrogen-bond donors (Lipinski definition) is 2. The van der Waals surface area contributed by atoms with Crippen LogP contribution in [-0.4, -0.2) is 36.1 Å². The zero-order valence-corrected chi connectivity index (χ0v) is 12.3. The Morgan fingerprint density at radius 2 is 2.05 bits per heavy atom. The summed E-state index contributed by atoms with van der Waals surface area (Å²) in [4.78, 5) is 6.80. The molecular weight excluding hydrogens is 272 g/mol. The molecular formula is C15H19ClN4. The number of aromatic nitrogens is 1. The first-order valence-corrected chi connectivity index (χ1v) is 7.30. The molecule has 0 bridgehead atoms. The van der Waals surface area contributed by atoms with Crippen molar-refractivity contribution in [1.29, 1.82) is 0 Å². The second-order valence-corrected chi connectivity index (χ2v) is 5.85. The zero-order valence-electron chi connectivity index (χ0n) is 11.6.